The number of hydrogen-bond acceptors (Lipinski definition) is 1. The molecule has 0 fully saturated rings. The van der Waals surface area contributed by atoms with Gasteiger partial charge in [-0.25, -0.2) is 0 Å². The van der Waals surface area contributed by atoms with E-state index in [2.05, 4.69) is 50.4 Å². The molecule has 1 aliphatic carbocycles. The minimum Gasteiger partial charge on any atom is -0.307 e. The van der Waals surface area contributed by atoms with Crippen LogP contribution >= 0.6 is 0 Å². The lowest BCUT2D eigenvalue weighted by atomic mass is 9.87. The van der Waals surface area contributed by atoms with Crippen LogP contribution in [0, 0.1) is 13.8 Å². The van der Waals surface area contributed by atoms with Gasteiger partial charge in [0.05, 0.1) is 6.04 Å². The predicted molar refractivity (Wildman–Crippen MR) is 78.9 cm³/mol. The van der Waals surface area contributed by atoms with E-state index in [1.54, 1.807) is 5.57 Å². The Hall–Kier alpha value is -1.08. The molecule has 0 heterocycles. The number of aryl methyl sites for hydroxylation is 2. The molecule has 1 aromatic carbocycles. The fraction of sp³-hybridized carbons (Fsp3) is 0.529. The van der Waals surface area contributed by atoms with Gasteiger partial charge in [0, 0.05) is 0 Å². The zero-order valence-electron chi connectivity index (χ0n) is 11.9. The van der Waals surface area contributed by atoms with Crippen LogP contribution in [0.1, 0.15) is 55.3 Å². The van der Waals surface area contributed by atoms with Gasteiger partial charge in [0.2, 0.25) is 0 Å². The standard InChI is InChI=1S/C17H25N/c1-4-18-17(15-8-6-5-7-9-15)16-11-10-13(2)12-14(16)3/h8,10-12,17-18H,4-7,9H2,1-3H3. The van der Waals surface area contributed by atoms with Gasteiger partial charge in [-0.1, -0.05) is 42.3 Å². The minimum atomic E-state index is 0.427. The van der Waals surface area contributed by atoms with E-state index in [9.17, 15) is 0 Å². The van der Waals surface area contributed by atoms with Gasteiger partial charge in [0.1, 0.15) is 0 Å². The van der Waals surface area contributed by atoms with Crippen molar-refractivity contribution in [3.8, 4) is 0 Å². The van der Waals surface area contributed by atoms with E-state index in [4.69, 9.17) is 0 Å². The minimum absolute atomic E-state index is 0.427. The number of allylic oxidation sites excluding steroid dienone is 1. The first-order chi connectivity index (χ1) is 8.72. The third-order valence-corrected chi connectivity index (χ3v) is 3.84. The second-order valence-electron chi connectivity index (χ2n) is 5.38. The summed E-state index contributed by atoms with van der Waals surface area (Å²) in [6.45, 7) is 7.62. The van der Waals surface area contributed by atoms with Gasteiger partial charge < -0.3 is 5.32 Å². The fourth-order valence-corrected chi connectivity index (χ4v) is 2.92. The van der Waals surface area contributed by atoms with E-state index >= 15 is 0 Å². The van der Waals surface area contributed by atoms with Crippen LogP contribution in [0.3, 0.4) is 0 Å². The van der Waals surface area contributed by atoms with Crippen molar-refractivity contribution < 1.29 is 0 Å². The molecule has 18 heavy (non-hydrogen) atoms. The maximum Gasteiger partial charge on any atom is 0.0538 e. The van der Waals surface area contributed by atoms with Crippen molar-refractivity contribution in [3.63, 3.8) is 0 Å². The Morgan fingerprint density at radius 3 is 2.67 bits per heavy atom. The molecule has 1 aliphatic rings. The summed E-state index contributed by atoms with van der Waals surface area (Å²) in [6, 6.07) is 7.25. The lowest BCUT2D eigenvalue weighted by Crippen LogP contribution is -2.24. The summed E-state index contributed by atoms with van der Waals surface area (Å²) in [7, 11) is 0. The Labute approximate surface area is 111 Å². The Morgan fingerprint density at radius 2 is 2.06 bits per heavy atom. The van der Waals surface area contributed by atoms with Crippen molar-refractivity contribution in [1.82, 2.24) is 5.32 Å². The van der Waals surface area contributed by atoms with Gasteiger partial charge in [0.15, 0.2) is 0 Å². The molecule has 1 heteroatoms. The molecule has 0 aromatic heterocycles. The molecule has 0 spiro atoms. The second kappa shape index (κ2) is 6.19. The summed E-state index contributed by atoms with van der Waals surface area (Å²) in [6.07, 6.45) is 7.66. The molecule has 2 rings (SSSR count). The van der Waals surface area contributed by atoms with Crippen molar-refractivity contribution in [2.45, 2.75) is 52.5 Å². The quantitative estimate of drug-likeness (QED) is 0.770. The zero-order chi connectivity index (χ0) is 13.0. The zero-order valence-corrected chi connectivity index (χ0v) is 11.9. The third kappa shape index (κ3) is 3.02. The molecule has 0 amide bonds. The van der Waals surface area contributed by atoms with Gasteiger partial charge >= 0.3 is 0 Å². The molecular weight excluding hydrogens is 218 g/mol. The summed E-state index contributed by atoms with van der Waals surface area (Å²) >= 11 is 0. The molecule has 0 saturated carbocycles. The highest BCUT2D eigenvalue weighted by atomic mass is 14.9. The number of rotatable bonds is 4. The highest BCUT2D eigenvalue weighted by Crippen LogP contribution is 2.31. The largest absolute Gasteiger partial charge is 0.307 e. The molecule has 0 bridgehead atoms. The third-order valence-electron chi connectivity index (χ3n) is 3.84. The summed E-state index contributed by atoms with van der Waals surface area (Å²) in [4.78, 5) is 0. The molecule has 98 valence electrons. The predicted octanol–water partition coefficient (Wildman–Crippen LogP) is 4.45. The van der Waals surface area contributed by atoms with Gasteiger partial charge in [-0.05, 0) is 57.2 Å². The van der Waals surface area contributed by atoms with E-state index in [1.165, 1.54) is 42.4 Å². The van der Waals surface area contributed by atoms with Gasteiger partial charge in [-0.3, -0.25) is 0 Å². The Morgan fingerprint density at radius 1 is 1.22 bits per heavy atom. The average molecular weight is 243 g/mol. The van der Waals surface area contributed by atoms with Crippen molar-refractivity contribution in [1.29, 1.82) is 0 Å². The molecule has 1 nitrogen and oxygen atoms in total. The van der Waals surface area contributed by atoms with E-state index < -0.39 is 0 Å². The molecule has 1 N–H and O–H groups in total. The van der Waals surface area contributed by atoms with Crippen LogP contribution in [0.2, 0.25) is 0 Å². The number of hydrogen-bond donors (Lipinski definition) is 1. The first-order valence-corrected chi connectivity index (χ1v) is 7.22. The summed E-state index contributed by atoms with van der Waals surface area (Å²) < 4.78 is 0. The van der Waals surface area contributed by atoms with Crippen molar-refractivity contribution in [2.24, 2.45) is 0 Å². The lowest BCUT2D eigenvalue weighted by molar-refractivity contribution is 0.562. The molecule has 0 aliphatic heterocycles. The van der Waals surface area contributed by atoms with Gasteiger partial charge in [-0.2, -0.15) is 0 Å². The van der Waals surface area contributed by atoms with Crippen LogP contribution < -0.4 is 5.32 Å². The maximum absolute atomic E-state index is 3.66. The average Bonchev–Trinajstić information content (AvgIpc) is 2.38. The summed E-state index contributed by atoms with van der Waals surface area (Å²) in [5.41, 5.74) is 5.81. The van der Waals surface area contributed by atoms with Crippen molar-refractivity contribution in [2.75, 3.05) is 6.54 Å². The highest BCUT2D eigenvalue weighted by molar-refractivity contribution is 5.37. The van der Waals surface area contributed by atoms with E-state index in [0.717, 1.165) is 6.54 Å². The normalized spacial score (nSPS) is 17.4. The van der Waals surface area contributed by atoms with Crippen molar-refractivity contribution in [3.05, 3.63) is 46.5 Å². The topological polar surface area (TPSA) is 12.0 Å². The first kappa shape index (κ1) is 13.4. The first-order valence-electron chi connectivity index (χ1n) is 7.22. The van der Waals surface area contributed by atoms with E-state index in [1.807, 2.05) is 0 Å². The molecule has 1 aromatic rings. The van der Waals surface area contributed by atoms with Crippen LogP contribution in [0.4, 0.5) is 0 Å². The number of nitrogens with one attached hydrogen (secondary N) is 1. The van der Waals surface area contributed by atoms with Crippen LogP contribution in [0.5, 0.6) is 0 Å². The smallest absolute Gasteiger partial charge is 0.0538 e. The molecule has 0 saturated heterocycles. The highest BCUT2D eigenvalue weighted by Gasteiger charge is 2.18. The Balaban J connectivity index is 2.31. The number of benzene rings is 1. The summed E-state index contributed by atoms with van der Waals surface area (Å²) in [5, 5.41) is 3.66. The summed E-state index contributed by atoms with van der Waals surface area (Å²) in [5.74, 6) is 0. The van der Waals surface area contributed by atoms with Gasteiger partial charge in [0.25, 0.3) is 0 Å². The molecule has 1 unspecified atom stereocenters. The number of likely N-dealkylation sites (N-methyl/N-ethyl adjacent to an activating group) is 1. The van der Waals surface area contributed by atoms with E-state index in [-0.39, 0.29) is 0 Å². The molecule has 1 atom stereocenters. The Bertz CT molecular complexity index is 431. The fourth-order valence-electron chi connectivity index (χ4n) is 2.92. The second-order valence-corrected chi connectivity index (χ2v) is 5.38. The van der Waals surface area contributed by atoms with Gasteiger partial charge in [-0.15, -0.1) is 0 Å². The van der Waals surface area contributed by atoms with Crippen molar-refractivity contribution >= 4 is 0 Å². The van der Waals surface area contributed by atoms with Crippen LogP contribution in [0.15, 0.2) is 29.8 Å². The van der Waals surface area contributed by atoms with Crippen LogP contribution in [-0.2, 0) is 0 Å². The van der Waals surface area contributed by atoms with Crippen LogP contribution in [0.25, 0.3) is 0 Å². The monoisotopic (exact) mass is 243 g/mol. The van der Waals surface area contributed by atoms with E-state index in [0.29, 0.717) is 6.04 Å². The SMILES string of the molecule is CCNC(C1=CCCCC1)c1ccc(C)cc1C. The lowest BCUT2D eigenvalue weighted by Gasteiger charge is -2.26. The maximum atomic E-state index is 3.66. The van der Waals surface area contributed by atoms with Crippen LogP contribution in [-0.4, -0.2) is 6.54 Å². The molecule has 0 radical (unpaired) electrons. The molecular formula is C17H25N. The Kier molecular flexibility index (Phi) is 4.60.